The molecule has 1 amide bonds. The highest BCUT2D eigenvalue weighted by Crippen LogP contribution is 2.38. The number of aromatic nitrogens is 8. The molecule has 0 aromatic carbocycles. The highest BCUT2D eigenvalue weighted by molar-refractivity contribution is 7.91. The fraction of sp³-hybridized carbons (Fsp3) is 0.370. The third kappa shape index (κ3) is 4.81. The molecule has 6 heterocycles. The second kappa shape index (κ2) is 10.2. The summed E-state index contributed by atoms with van der Waals surface area (Å²) in [5, 5.41) is 11.9. The van der Waals surface area contributed by atoms with Gasteiger partial charge in [-0.15, -0.1) is 16.4 Å². The molecule has 1 aliphatic heterocycles. The van der Waals surface area contributed by atoms with Gasteiger partial charge in [0.05, 0.1) is 23.3 Å². The number of aryl methyl sites for hydroxylation is 3. The van der Waals surface area contributed by atoms with Crippen molar-refractivity contribution < 1.29 is 13.2 Å². The van der Waals surface area contributed by atoms with Gasteiger partial charge in [-0.2, -0.15) is 9.61 Å². The van der Waals surface area contributed by atoms with Crippen molar-refractivity contribution in [1.29, 1.82) is 0 Å². The van der Waals surface area contributed by atoms with Crippen molar-refractivity contribution in [3.63, 3.8) is 0 Å². The van der Waals surface area contributed by atoms with E-state index in [-0.39, 0.29) is 34.4 Å². The molecule has 0 radical (unpaired) electrons. The highest BCUT2D eigenvalue weighted by atomic mass is 32.2. The monoisotopic (exact) mass is 606 g/mol. The molecule has 3 N–H and O–H groups in total. The summed E-state index contributed by atoms with van der Waals surface area (Å²) < 4.78 is 27.4. The number of sulfone groups is 1. The maximum atomic E-state index is 13.0. The number of thiazole rings is 1. The molecule has 1 saturated heterocycles. The molecular weight excluding hydrogens is 576 g/mol. The lowest BCUT2D eigenvalue weighted by molar-refractivity contribution is 0.0601. The van der Waals surface area contributed by atoms with E-state index < -0.39 is 9.84 Å². The van der Waals surface area contributed by atoms with Crippen molar-refractivity contribution in [2.45, 2.75) is 57.4 Å². The number of hydrogen-bond donors (Lipinski definition) is 2. The van der Waals surface area contributed by atoms with Crippen LogP contribution in [0.1, 0.15) is 58.4 Å². The van der Waals surface area contributed by atoms with E-state index in [0.29, 0.717) is 42.1 Å². The number of nitrogens with two attached hydrogens (primary N) is 1. The summed E-state index contributed by atoms with van der Waals surface area (Å²) in [5.41, 5.74) is 10.5. The molecule has 13 nitrogen and oxygen atoms in total. The molecule has 0 saturated carbocycles. The molecule has 1 aliphatic rings. The van der Waals surface area contributed by atoms with Gasteiger partial charge in [0, 0.05) is 47.0 Å². The Labute approximate surface area is 246 Å². The molecule has 42 heavy (non-hydrogen) atoms. The number of nitrogens with one attached hydrogen (secondary N) is 1. The van der Waals surface area contributed by atoms with E-state index in [0.717, 1.165) is 33.1 Å². The number of carbonyl (C=O) groups is 1. The Morgan fingerprint density at radius 2 is 1.93 bits per heavy atom. The summed E-state index contributed by atoms with van der Waals surface area (Å²) in [5.74, 6) is 0.149. The standard InChI is InChI=1S/C27H30N10O3S2/c1-13-10-17(8-9-36(13)27(38)24-32-16(4)34-35-24)21-22(42(5,39)40)23(28)37-25(33-21)19(12-30-37)18-6-7-20(29-11-18)26-31-14(2)15(3)41-26/h6-7,11-13,17H,8-10,28H2,1-5H3,(H,32,34,35)/t13-,17+/m0/s1. The number of fused-ring (bicyclic) bond motifs is 1. The van der Waals surface area contributed by atoms with Crippen LogP contribution in [0.5, 0.6) is 0 Å². The number of nitrogen functional groups attached to an aromatic ring is 1. The minimum Gasteiger partial charge on any atom is -0.382 e. The molecule has 15 heteroatoms. The van der Waals surface area contributed by atoms with Gasteiger partial charge in [-0.05, 0) is 46.6 Å². The van der Waals surface area contributed by atoms with Gasteiger partial charge in [-0.1, -0.05) is 6.07 Å². The predicted molar refractivity (Wildman–Crippen MR) is 158 cm³/mol. The number of H-pyrrole nitrogens is 1. The van der Waals surface area contributed by atoms with Crippen LogP contribution in [0.2, 0.25) is 0 Å². The molecular formula is C27H30N10O3S2. The summed E-state index contributed by atoms with van der Waals surface area (Å²) in [7, 11) is -3.76. The van der Waals surface area contributed by atoms with Crippen molar-refractivity contribution in [3.8, 4) is 21.8 Å². The largest absolute Gasteiger partial charge is 0.382 e. The smallest absolute Gasteiger partial charge is 0.293 e. The first kappa shape index (κ1) is 27.9. The fourth-order valence-electron chi connectivity index (χ4n) is 5.43. The Bertz CT molecular complexity index is 1920. The van der Waals surface area contributed by atoms with Crippen LogP contribution >= 0.6 is 11.3 Å². The second-order valence-electron chi connectivity index (χ2n) is 10.7. The molecule has 5 aromatic heterocycles. The molecule has 218 valence electrons. The average Bonchev–Trinajstić information content (AvgIpc) is 3.66. The number of anilines is 1. The summed E-state index contributed by atoms with van der Waals surface area (Å²) in [6.45, 7) is 8.05. The minimum absolute atomic E-state index is 0.00409. The van der Waals surface area contributed by atoms with Crippen LogP contribution < -0.4 is 5.73 Å². The average molecular weight is 607 g/mol. The van der Waals surface area contributed by atoms with Crippen molar-refractivity contribution in [2.24, 2.45) is 0 Å². The van der Waals surface area contributed by atoms with Crippen LogP contribution in [0, 0.1) is 20.8 Å². The van der Waals surface area contributed by atoms with Crippen LogP contribution in [0.25, 0.3) is 27.5 Å². The van der Waals surface area contributed by atoms with E-state index in [1.165, 1.54) is 4.52 Å². The zero-order valence-electron chi connectivity index (χ0n) is 23.8. The zero-order chi connectivity index (χ0) is 29.9. The Kier molecular flexibility index (Phi) is 6.80. The van der Waals surface area contributed by atoms with E-state index in [4.69, 9.17) is 10.7 Å². The van der Waals surface area contributed by atoms with Crippen LogP contribution in [-0.4, -0.2) is 77.8 Å². The minimum atomic E-state index is -3.76. The first-order valence-electron chi connectivity index (χ1n) is 13.4. The third-order valence-electron chi connectivity index (χ3n) is 7.67. The number of amides is 1. The highest BCUT2D eigenvalue weighted by Gasteiger charge is 2.36. The molecule has 0 bridgehead atoms. The Hall–Kier alpha value is -4.24. The zero-order valence-corrected chi connectivity index (χ0v) is 25.4. The maximum absolute atomic E-state index is 13.0. The molecule has 5 aromatic rings. The number of carbonyl (C=O) groups excluding carboxylic acids is 1. The van der Waals surface area contributed by atoms with E-state index in [9.17, 15) is 13.2 Å². The number of likely N-dealkylation sites (tertiary alicyclic amines) is 1. The number of aromatic amines is 1. The van der Waals surface area contributed by atoms with E-state index in [1.807, 2.05) is 32.9 Å². The summed E-state index contributed by atoms with van der Waals surface area (Å²) in [4.78, 5) is 34.1. The Morgan fingerprint density at radius 3 is 2.52 bits per heavy atom. The summed E-state index contributed by atoms with van der Waals surface area (Å²) >= 11 is 1.59. The number of pyridine rings is 1. The van der Waals surface area contributed by atoms with Gasteiger partial charge in [-0.3, -0.25) is 14.9 Å². The van der Waals surface area contributed by atoms with Gasteiger partial charge in [0.25, 0.3) is 5.91 Å². The van der Waals surface area contributed by atoms with Crippen LogP contribution in [-0.2, 0) is 9.84 Å². The lowest BCUT2D eigenvalue weighted by Crippen LogP contribution is -2.44. The van der Waals surface area contributed by atoms with Gasteiger partial charge in [-0.25, -0.2) is 23.4 Å². The number of nitrogens with zero attached hydrogens (tertiary/aromatic N) is 8. The molecule has 0 spiro atoms. The quantitative estimate of drug-likeness (QED) is 0.301. The first-order valence-corrected chi connectivity index (χ1v) is 16.1. The van der Waals surface area contributed by atoms with E-state index in [1.54, 1.807) is 35.6 Å². The second-order valence-corrected chi connectivity index (χ2v) is 13.8. The Morgan fingerprint density at radius 1 is 1.14 bits per heavy atom. The van der Waals surface area contributed by atoms with Crippen LogP contribution in [0.4, 0.5) is 5.82 Å². The molecule has 6 rings (SSSR count). The SMILES string of the molecule is Cc1nc(C(=O)N2CC[C@@H](c3nc4c(-c5ccc(-c6nc(C)c(C)s6)nc5)cnn4c(N)c3S(C)(=O)=O)C[C@@H]2C)n[nH]1. The van der Waals surface area contributed by atoms with E-state index in [2.05, 4.69) is 30.2 Å². The van der Waals surface area contributed by atoms with Crippen molar-refractivity contribution in [1.82, 2.24) is 44.6 Å². The van der Waals surface area contributed by atoms with Crippen molar-refractivity contribution in [3.05, 3.63) is 52.4 Å². The van der Waals surface area contributed by atoms with Crippen molar-refractivity contribution >= 4 is 38.5 Å². The molecule has 0 aliphatic carbocycles. The van der Waals surface area contributed by atoms with Crippen LogP contribution in [0.3, 0.4) is 0 Å². The predicted octanol–water partition coefficient (Wildman–Crippen LogP) is 3.35. The number of hydrogen-bond acceptors (Lipinski definition) is 11. The normalized spacial score (nSPS) is 17.7. The van der Waals surface area contributed by atoms with Gasteiger partial charge in [0.2, 0.25) is 5.82 Å². The number of piperidine rings is 1. The topological polar surface area (TPSA) is 178 Å². The van der Waals surface area contributed by atoms with Crippen molar-refractivity contribution in [2.75, 3.05) is 18.5 Å². The summed E-state index contributed by atoms with van der Waals surface area (Å²) in [6, 6.07) is 3.61. The first-order chi connectivity index (χ1) is 19.9. The maximum Gasteiger partial charge on any atom is 0.293 e. The summed E-state index contributed by atoms with van der Waals surface area (Å²) in [6.07, 6.45) is 5.46. The van der Waals surface area contributed by atoms with Gasteiger partial charge >= 0.3 is 0 Å². The molecule has 1 fully saturated rings. The lowest BCUT2D eigenvalue weighted by atomic mass is 9.88. The van der Waals surface area contributed by atoms with E-state index >= 15 is 0 Å². The number of rotatable bonds is 5. The fourth-order valence-corrected chi connectivity index (χ4v) is 7.38. The van der Waals surface area contributed by atoms with Gasteiger partial charge in [0.15, 0.2) is 15.5 Å². The lowest BCUT2D eigenvalue weighted by Gasteiger charge is -2.37. The third-order valence-corrected chi connectivity index (χ3v) is 9.92. The van der Waals surface area contributed by atoms with Gasteiger partial charge < -0.3 is 10.6 Å². The molecule has 0 unspecified atom stereocenters. The van der Waals surface area contributed by atoms with Crippen LogP contribution in [0.15, 0.2) is 29.4 Å². The molecule has 2 atom stereocenters. The van der Waals surface area contributed by atoms with Gasteiger partial charge in [0.1, 0.15) is 21.5 Å². The Balaban J connectivity index is 1.37.